The van der Waals surface area contributed by atoms with Gasteiger partial charge in [-0.05, 0) is 37.1 Å². The quantitative estimate of drug-likeness (QED) is 0.786. The average molecular weight is 363 g/mol. The van der Waals surface area contributed by atoms with Gasteiger partial charge < -0.3 is 25.0 Å². The second kappa shape index (κ2) is 9.07. The summed E-state index contributed by atoms with van der Waals surface area (Å²) in [6.07, 6.45) is -0.111. The van der Waals surface area contributed by atoms with Crippen LogP contribution in [-0.4, -0.2) is 72.1 Å². The van der Waals surface area contributed by atoms with E-state index in [-0.39, 0.29) is 31.5 Å². The minimum atomic E-state index is -0.954. The van der Waals surface area contributed by atoms with E-state index in [1.807, 2.05) is 32.0 Å². The minimum absolute atomic E-state index is 0.0340. The Morgan fingerprint density at radius 1 is 1.04 bits per heavy atom. The van der Waals surface area contributed by atoms with Crippen LogP contribution in [0.25, 0.3) is 0 Å². The Balaban J connectivity index is 1.73. The number of hydrogen-bond acceptors (Lipinski definition) is 4. The molecule has 8 nitrogen and oxygen atoms in total. The summed E-state index contributed by atoms with van der Waals surface area (Å²) in [5, 5.41) is 11.1. The number of rotatable bonds is 6. The third kappa shape index (κ3) is 5.94. The van der Waals surface area contributed by atoms with Crippen LogP contribution in [0.5, 0.6) is 5.75 Å². The van der Waals surface area contributed by atoms with Crippen molar-refractivity contribution in [2.45, 2.75) is 20.3 Å². The molecule has 8 heteroatoms. The van der Waals surface area contributed by atoms with Gasteiger partial charge in [0.15, 0.2) is 6.61 Å². The maximum Gasteiger partial charge on any atom is 0.317 e. The zero-order chi connectivity index (χ0) is 19.1. The normalized spacial score (nSPS) is 14.1. The summed E-state index contributed by atoms with van der Waals surface area (Å²) in [4.78, 5) is 37.9. The first-order valence-electron chi connectivity index (χ1n) is 8.58. The number of nitrogens with one attached hydrogen (secondary N) is 1. The van der Waals surface area contributed by atoms with Crippen LogP contribution in [0.3, 0.4) is 0 Å². The van der Waals surface area contributed by atoms with Crippen LogP contribution in [0, 0.1) is 13.8 Å². The number of aliphatic carboxylic acids is 1. The molecule has 1 aromatic carbocycles. The van der Waals surface area contributed by atoms with Crippen LogP contribution in [0.2, 0.25) is 0 Å². The summed E-state index contributed by atoms with van der Waals surface area (Å²) < 4.78 is 5.59. The first-order chi connectivity index (χ1) is 12.3. The molecule has 1 aromatic rings. The molecule has 1 aliphatic heterocycles. The maximum absolute atomic E-state index is 12.3. The van der Waals surface area contributed by atoms with Gasteiger partial charge in [-0.3, -0.25) is 9.59 Å². The van der Waals surface area contributed by atoms with Gasteiger partial charge >= 0.3 is 12.0 Å². The highest BCUT2D eigenvalue weighted by molar-refractivity contribution is 5.79. The number of piperazine rings is 1. The molecule has 2 rings (SSSR count). The molecule has 3 amide bonds. The van der Waals surface area contributed by atoms with Crippen molar-refractivity contribution in [3.63, 3.8) is 0 Å². The first-order valence-corrected chi connectivity index (χ1v) is 8.58. The van der Waals surface area contributed by atoms with Crippen molar-refractivity contribution in [3.05, 3.63) is 29.3 Å². The molecular formula is C18H25N3O5. The Bertz CT molecular complexity index is 649. The van der Waals surface area contributed by atoms with Gasteiger partial charge in [0.25, 0.3) is 5.91 Å². The number of carboxylic acid groups (broad SMARTS) is 1. The second-order valence-electron chi connectivity index (χ2n) is 6.36. The average Bonchev–Trinajstić information content (AvgIpc) is 2.58. The van der Waals surface area contributed by atoms with Crippen LogP contribution >= 0.6 is 0 Å². The van der Waals surface area contributed by atoms with Gasteiger partial charge in [0, 0.05) is 32.7 Å². The highest BCUT2D eigenvalue weighted by Gasteiger charge is 2.24. The van der Waals surface area contributed by atoms with E-state index in [4.69, 9.17) is 9.84 Å². The van der Waals surface area contributed by atoms with Gasteiger partial charge in [0.05, 0.1) is 6.42 Å². The van der Waals surface area contributed by atoms with Crippen molar-refractivity contribution in [3.8, 4) is 5.75 Å². The molecule has 0 spiro atoms. The number of benzene rings is 1. The lowest BCUT2D eigenvalue weighted by Crippen LogP contribution is -2.54. The molecule has 0 radical (unpaired) electrons. The Kier molecular flexibility index (Phi) is 6.82. The van der Waals surface area contributed by atoms with Gasteiger partial charge in [-0.25, -0.2) is 4.79 Å². The van der Waals surface area contributed by atoms with E-state index in [1.165, 1.54) is 0 Å². The van der Waals surface area contributed by atoms with Gasteiger partial charge in [0.1, 0.15) is 5.75 Å². The molecular weight excluding hydrogens is 338 g/mol. The zero-order valence-electron chi connectivity index (χ0n) is 15.2. The summed E-state index contributed by atoms with van der Waals surface area (Å²) in [6.45, 7) is 5.70. The number of ether oxygens (including phenoxy) is 1. The first kappa shape index (κ1) is 19.6. The fraction of sp³-hybridized carbons (Fsp3) is 0.500. The fourth-order valence-electron chi connectivity index (χ4n) is 2.80. The molecule has 1 fully saturated rings. The minimum Gasteiger partial charge on any atom is -0.484 e. The van der Waals surface area contributed by atoms with E-state index in [2.05, 4.69) is 5.32 Å². The molecule has 0 aromatic heterocycles. The molecule has 1 saturated heterocycles. The number of amides is 3. The smallest absolute Gasteiger partial charge is 0.317 e. The summed E-state index contributed by atoms with van der Waals surface area (Å²) in [5.41, 5.74) is 2.16. The predicted molar refractivity (Wildman–Crippen MR) is 95.2 cm³/mol. The van der Waals surface area contributed by atoms with Crippen molar-refractivity contribution in [2.24, 2.45) is 0 Å². The van der Waals surface area contributed by atoms with Crippen molar-refractivity contribution in [2.75, 3.05) is 39.3 Å². The Morgan fingerprint density at radius 2 is 1.62 bits per heavy atom. The number of hydrogen-bond donors (Lipinski definition) is 2. The molecule has 0 aliphatic carbocycles. The lowest BCUT2D eigenvalue weighted by Gasteiger charge is -2.34. The third-order valence-electron chi connectivity index (χ3n) is 4.09. The lowest BCUT2D eigenvalue weighted by molar-refractivity contribution is -0.137. The standard InChI is InChI=1S/C18H25N3O5/c1-13-9-14(2)11-15(10-13)26-12-16(22)20-5-7-21(8-6-20)18(25)19-4-3-17(23)24/h9-11H,3-8,12H2,1-2H3,(H,19,25)(H,23,24). The maximum atomic E-state index is 12.3. The Labute approximate surface area is 152 Å². The second-order valence-corrected chi connectivity index (χ2v) is 6.36. The predicted octanol–water partition coefficient (Wildman–Crippen LogP) is 1.01. The van der Waals surface area contributed by atoms with E-state index in [1.54, 1.807) is 9.80 Å². The van der Waals surface area contributed by atoms with Crippen LogP contribution in [0.15, 0.2) is 18.2 Å². The number of urea groups is 1. The highest BCUT2D eigenvalue weighted by atomic mass is 16.5. The summed E-state index contributed by atoms with van der Waals surface area (Å²) >= 11 is 0. The molecule has 1 aliphatic rings. The van der Waals surface area contributed by atoms with Gasteiger partial charge in [-0.2, -0.15) is 0 Å². The lowest BCUT2D eigenvalue weighted by atomic mass is 10.1. The van der Waals surface area contributed by atoms with Gasteiger partial charge in [0.2, 0.25) is 0 Å². The van der Waals surface area contributed by atoms with E-state index < -0.39 is 5.97 Å². The van der Waals surface area contributed by atoms with Crippen molar-refractivity contribution >= 4 is 17.9 Å². The van der Waals surface area contributed by atoms with Crippen molar-refractivity contribution in [1.29, 1.82) is 0 Å². The number of carbonyl (C=O) groups excluding carboxylic acids is 2. The van der Waals surface area contributed by atoms with Crippen LogP contribution in [0.4, 0.5) is 4.79 Å². The van der Waals surface area contributed by atoms with E-state index in [0.717, 1.165) is 11.1 Å². The molecule has 0 atom stereocenters. The van der Waals surface area contributed by atoms with E-state index in [0.29, 0.717) is 31.9 Å². The molecule has 0 bridgehead atoms. The van der Waals surface area contributed by atoms with Crippen molar-refractivity contribution < 1.29 is 24.2 Å². The molecule has 142 valence electrons. The summed E-state index contributed by atoms with van der Waals surface area (Å²) in [6, 6.07) is 5.51. The van der Waals surface area contributed by atoms with Gasteiger partial charge in [-0.1, -0.05) is 6.07 Å². The fourth-order valence-corrected chi connectivity index (χ4v) is 2.80. The molecule has 0 saturated carbocycles. The Morgan fingerprint density at radius 3 is 2.19 bits per heavy atom. The van der Waals surface area contributed by atoms with Crippen LogP contribution in [-0.2, 0) is 9.59 Å². The van der Waals surface area contributed by atoms with Gasteiger partial charge in [-0.15, -0.1) is 0 Å². The summed E-state index contributed by atoms with van der Waals surface area (Å²) in [5.74, 6) is -0.396. The molecule has 1 heterocycles. The molecule has 2 N–H and O–H groups in total. The Hall–Kier alpha value is -2.77. The number of aryl methyl sites for hydroxylation is 2. The topological polar surface area (TPSA) is 99.2 Å². The summed E-state index contributed by atoms with van der Waals surface area (Å²) in [7, 11) is 0. The monoisotopic (exact) mass is 363 g/mol. The third-order valence-corrected chi connectivity index (χ3v) is 4.09. The zero-order valence-corrected chi connectivity index (χ0v) is 15.2. The van der Waals surface area contributed by atoms with E-state index in [9.17, 15) is 14.4 Å². The SMILES string of the molecule is Cc1cc(C)cc(OCC(=O)N2CCN(C(=O)NCCC(=O)O)CC2)c1. The number of carbonyl (C=O) groups is 3. The molecule has 0 unspecified atom stereocenters. The van der Waals surface area contributed by atoms with Crippen molar-refractivity contribution in [1.82, 2.24) is 15.1 Å². The molecule has 26 heavy (non-hydrogen) atoms. The largest absolute Gasteiger partial charge is 0.484 e. The number of carboxylic acids is 1. The van der Waals surface area contributed by atoms with Crippen LogP contribution in [0.1, 0.15) is 17.5 Å². The van der Waals surface area contributed by atoms with Crippen LogP contribution < -0.4 is 10.1 Å². The highest BCUT2D eigenvalue weighted by Crippen LogP contribution is 2.16. The van der Waals surface area contributed by atoms with E-state index >= 15 is 0 Å². The number of nitrogens with zero attached hydrogens (tertiary/aromatic N) is 2.